The van der Waals surface area contributed by atoms with Crippen molar-refractivity contribution < 1.29 is 9.47 Å². The molecular formula is C15H24N2O2. The fraction of sp³-hybridized carbons (Fsp3) is 0.667. The van der Waals surface area contributed by atoms with E-state index in [1.165, 1.54) is 12.8 Å². The Balaban J connectivity index is 1.77. The maximum absolute atomic E-state index is 5.77. The van der Waals surface area contributed by atoms with E-state index in [9.17, 15) is 0 Å². The van der Waals surface area contributed by atoms with Gasteiger partial charge in [-0.3, -0.25) is 0 Å². The molecule has 1 saturated heterocycles. The van der Waals surface area contributed by atoms with Crippen LogP contribution in [0.3, 0.4) is 0 Å². The zero-order chi connectivity index (χ0) is 13.3. The van der Waals surface area contributed by atoms with Gasteiger partial charge in [0, 0.05) is 24.9 Å². The first-order valence-corrected chi connectivity index (χ1v) is 7.27. The molecule has 1 N–H and O–H groups in total. The number of hydrogen-bond donors (Lipinski definition) is 1. The maximum Gasteiger partial charge on any atom is 0.131 e. The van der Waals surface area contributed by atoms with Crippen LogP contribution in [0.5, 0.6) is 0 Å². The highest BCUT2D eigenvalue weighted by Gasteiger charge is 2.14. The number of nitrogens with one attached hydrogen (secondary N) is 1. The average Bonchev–Trinajstić information content (AvgIpc) is 2.47. The van der Waals surface area contributed by atoms with Gasteiger partial charge in [-0.05, 0) is 31.7 Å². The monoisotopic (exact) mass is 264 g/mol. The van der Waals surface area contributed by atoms with Crippen molar-refractivity contribution in [3.63, 3.8) is 0 Å². The van der Waals surface area contributed by atoms with Gasteiger partial charge < -0.3 is 14.8 Å². The Morgan fingerprint density at radius 1 is 1.47 bits per heavy atom. The van der Waals surface area contributed by atoms with Crippen molar-refractivity contribution in [2.75, 3.05) is 25.1 Å². The number of anilines is 1. The lowest BCUT2D eigenvalue weighted by molar-refractivity contribution is -0.0447. The van der Waals surface area contributed by atoms with Gasteiger partial charge in [0.05, 0.1) is 19.3 Å². The summed E-state index contributed by atoms with van der Waals surface area (Å²) in [6.07, 6.45) is 6.73. The van der Waals surface area contributed by atoms with Crippen LogP contribution in [-0.4, -0.2) is 30.8 Å². The second-order valence-electron chi connectivity index (χ2n) is 4.94. The zero-order valence-electron chi connectivity index (χ0n) is 11.7. The minimum Gasteiger partial charge on any atom is -0.376 e. The largest absolute Gasteiger partial charge is 0.376 e. The lowest BCUT2D eigenvalue weighted by Gasteiger charge is -2.22. The van der Waals surface area contributed by atoms with Crippen molar-refractivity contribution in [3.05, 3.63) is 23.9 Å². The molecule has 1 aliphatic rings. The van der Waals surface area contributed by atoms with Gasteiger partial charge in [0.2, 0.25) is 0 Å². The highest BCUT2D eigenvalue weighted by molar-refractivity contribution is 5.43. The quantitative estimate of drug-likeness (QED) is 0.822. The molecule has 1 aromatic rings. The number of hydrogen-bond acceptors (Lipinski definition) is 4. The van der Waals surface area contributed by atoms with Gasteiger partial charge in [0.25, 0.3) is 0 Å². The van der Waals surface area contributed by atoms with E-state index in [2.05, 4.69) is 23.3 Å². The summed E-state index contributed by atoms with van der Waals surface area (Å²) in [6, 6.07) is 4.01. The van der Waals surface area contributed by atoms with Crippen molar-refractivity contribution in [2.24, 2.45) is 0 Å². The SMILES string of the molecule is CCCNc1ncccc1COCC1CCCCO1. The summed E-state index contributed by atoms with van der Waals surface area (Å²) < 4.78 is 11.4. The predicted octanol–water partition coefficient (Wildman–Crippen LogP) is 2.99. The van der Waals surface area contributed by atoms with Crippen LogP contribution in [0.4, 0.5) is 5.82 Å². The standard InChI is InChI=1S/C15H24N2O2/c1-2-8-16-15-13(6-5-9-17-15)11-18-12-14-7-3-4-10-19-14/h5-6,9,14H,2-4,7-8,10-12H2,1H3,(H,16,17). The zero-order valence-corrected chi connectivity index (χ0v) is 11.7. The van der Waals surface area contributed by atoms with Crippen LogP contribution in [0.2, 0.25) is 0 Å². The van der Waals surface area contributed by atoms with Gasteiger partial charge in [0.1, 0.15) is 5.82 Å². The van der Waals surface area contributed by atoms with E-state index in [1.54, 1.807) is 0 Å². The topological polar surface area (TPSA) is 43.4 Å². The summed E-state index contributed by atoms with van der Waals surface area (Å²) >= 11 is 0. The van der Waals surface area contributed by atoms with E-state index in [1.807, 2.05) is 12.3 Å². The molecule has 19 heavy (non-hydrogen) atoms. The van der Waals surface area contributed by atoms with Crippen molar-refractivity contribution >= 4 is 5.82 Å². The molecule has 1 atom stereocenters. The van der Waals surface area contributed by atoms with Crippen LogP contribution in [-0.2, 0) is 16.1 Å². The number of ether oxygens (including phenoxy) is 2. The molecule has 1 aliphatic heterocycles. The van der Waals surface area contributed by atoms with E-state index in [4.69, 9.17) is 9.47 Å². The molecule has 2 heterocycles. The first kappa shape index (κ1) is 14.3. The molecule has 0 spiro atoms. The molecule has 2 rings (SSSR count). The molecule has 1 unspecified atom stereocenters. The molecule has 106 valence electrons. The average molecular weight is 264 g/mol. The van der Waals surface area contributed by atoms with Crippen LogP contribution >= 0.6 is 0 Å². The molecule has 0 saturated carbocycles. The van der Waals surface area contributed by atoms with E-state index in [0.29, 0.717) is 13.2 Å². The molecule has 4 heteroatoms. The first-order valence-electron chi connectivity index (χ1n) is 7.27. The molecule has 0 amide bonds. The van der Waals surface area contributed by atoms with Crippen LogP contribution < -0.4 is 5.32 Å². The Hall–Kier alpha value is -1.13. The minimum absolute atomic E-state index is 0.275. The fourth-order valence-electron chi connectivity index (χ4n) is 2.20. The van der Waals surface area contributed by atoms with Gasteiger partial charge in [-0.15, -0.1) is 0 Å². The fourth-order valence-corrected chi connectivity index (χ4v) is 2.20. The van der Waals surface area contributed by atoms with Gasteiger partial charge in [-0.2, -0.15) is 0 Å². The molecule has 1 aromatic heterocycles. The molecular weight excluding hydrogens is 240 g/mol. The van der Waals surface area contributed by atoms with E-state index >= 15 is 0 Å². The van der Waals surface area contributed by atoms with Crippen molar-refractivity contribution in [3.8, 4) is 0 Å². The van der Waals surface area contributed by atoms with E-state index in [0.717, 1.165) is 37.4 Å². The lowest BCUT2D eigenvalue weighted by Crippen LogP contribution is -2.24. The summed E-state index contributed by atoms with van der Waals surface area (Å²) in [4.78, 5) is 4.36. The van der Waals surface area contributed by atoms with Crippen molar-refractivity contribution in [1.29, 1.82) is 0 Å². The molecule has 0 bridgehead atoms. The molecule has 0 aromatic carbocycles. The Bertz CT molecular complexity index is 365. The van der Waals surface area contributed by atoms with Crippen molar-refractivity contribution in [2.45, 2.75) is 45.3 Å². The smallest absolute Gasteiger partial charge is 0.131 e. The van der Waals surface area contributed by atoms with E-state index in [-0.39, 0.29) is 6.10 Å². The number of nitrogens with zero attached hydrogens (tertiary/aromatic N) is 1. The number of rotatable bonds is 7. The van der Waals surface area contributed by atoms with Crippen LogP contribution in [0.15, 0.2) is 18.3 Å². The molecule has 4 nitrogen and oxygen atoms in total. The Morgan fingerprint density at radius 3 is 3.21 bits per heavy atom. The van der Waals surface area contributed by atoms with Gasteiger partial charge in [-0.1, -0.05) is 13.0 Å². The Labute approximate surface area is 115 Å². The summed E-state index contributed by atoms with van der Waals surface area (Å²) in [5, 5.41) is 3.33. The van der Waals surface area contributed by atoms with Crippen LogP contribution in [0.25, 0.3) is 0 Å². The highest BCUT2D eigenvalue weighted by atomic mass is 16.5. The second kappa shape index (κ2) is 8.12. The van der Waals surface area contributed by atoms with Gasteiger partial charge >= 0.3 is 0 Å². The Morgan fingerprint density at radius 2 is 2.42 bits per heavy atom. The summed E-state index contributed by atoms with van der Waals surface area (Å²) in [6.45, 7) is 5.24. The van der Waals surface area contributed by atoms with Crippen LogP contribution in [0, 0.1) is 0 Å². The van der Waals surface area contributed by atoms with E-state index < -0.39 is 0 Å². The third-order valence-corrected chi connectivity index (χ3v) is 3.27. The van der Waals surface area contributed by atoms with Gasteiger partial charge in [0.15, 0.2) is 0 Å². The summed E-state index contributed by atoms with van der Waals surface area (Å²) in [5.74, 6) is 0.939. The second-order valence-corrected chi connectivity index (χ2v) is 4.94. The molecule has 0 radical (unpaired) electrons. The van der Waals surface area contributed by atoms with Crippen molar-refractivity contribution in [1.82, 2.24) is 4.98 Å². The summed E-state index contributed by atoms with van der Waals surface area (Å²) in [5.41, 5.74) is 1.12. The lowest BCUT2D eigenvalue weighted by atomic mass is 10.1. The van der Waals surface area contributed by atoms with Gasteiger partial charge in [-0.25, -0.2) is 4.98 Å². The third kappa shape index (κ3) is 4.80. The Kier molecular flexibility index (Phi) is 6.11. The normalized spacial score (nSPS) is 19.3. The molecule has 0 aliphatic carbocycles. The number of aromatic nitrogens is 1. The molecule has 1 fully saturated rings. The first-order chi connectivity index (χ1) is 9.40. The third-order valence-electron chi connectivity index (χ3n) is 3.27. The summed E-state index contributed by atoms with van der Waals surface area (Å²) in [7, 11) is 0. The number of pyridine rings is 1. The highest BCUT2D eigenvalue weighted by Crippen LogP contribution is 2.16. The van der Waals surface area contributed by atoms with Crippen LogP contribution in [0.1, 0.15) is 38.2 Å². The maximum atomic E-state index is 5.77. The minimum atomic E-state index is 0.275. The predicted molar refractivity (Wildman–Crippen MR) is 76.3 cm³/mol.